The van der Waals surface area contributed by atoms with Crippen molar-refractivity contribution in [3.05, 3.63) is 53.6 Å². The molecule has 128 valence electrons. The highest BCUT2D eigenvalue weighted by atomic mass is 16.5. The minimum Gasteiger partial charge on any atom is -0.493 e. The highest BCUT2D eigenvalue weighted by Gasteiger charge is 2.10. The molecule has 0 spiro atoms. The minimum atomic E-state index is -0.199. The summed E-state index contributed by atoms with van der Waals surface area (Å²) in [5.74, 6) is 1.01. The number of rotatable bonds is 8. The van der Waals surface area contributed by atoms with E-state index in [1.54, 1.807) is 7.11 Å². The summed E-state index contributed by atoms with van der Waals surface area (Å²) in [5.41, 5.74) is 2.97. The lowest BCUT2D eigenvalue weighted by atomic mass is 10.2. The Morgan fingerprint density at radius 1 is 1.17 bits per heavy atom. The Hall–Kier alpha value is -2.53. The fourth-order valence-electron chi connectivity index (χ4n) is 2.31. The standard InChI is InChI=1S/C19H24N2O3/c1-4-20-12-15-9-10-17(18(11-15)23-3)24-13-19(22)21-16-8-6-5-7-14(16)2/h5-11,20H,4,12-13H2,1-3H3,(H,21,22)/p+1. The fourth-order valence-corrected chi connectivity index (χ4v) is 2.31. The topological polar surface area (TPSA) is 64.2 Å². The van der Waals surface area contributed by atoms with Crippen LogP contribution in [0, 0.1) is 6.92 Å². The summed E-state index contributed by atoms with van der Waals surface area (Å²) in [7, 11) is 1.60. The van der Waals surface area contributed by atoms with Crippen LogP contribution in [0.25, 0.3) is 0 Å². The number of para-hydroxylation sites is 1. The maximum atomic E-state index is 12.1. The minimum absolute atomic E-state index is 0.0644. The Balaban J connectivity index is 1.95. The number of nitrogens with two attached hydrogens (primary N) is 1. The van der Waals surface area contributed by atoms with Gasteiger partial charge in [0.1, 0.15) is 6.54 Å². The molecule has 3 N–H and O–H groups in total. The van der Waals surface area contributed by atoms with Crippen LogP contribution in [0.15, 0.2) is 42.5 Å². The van der Waals surface area contributed by atoms with Crippen LogP contribution in [-0.4, -0.2) is 26.2 Å². The molecule has 2 rings (SSSR count). The lowest BCUT2D eigenvalue weighted by molar-refractivity contribution is -0.667. The van der Waals surface area contributed by atoms with Gasteiger partial charge in [-0.2, -0.15) is 0 Å². The fraction of sp³-hybridized carbons (Fsp3) is 0.316. The van der Waals surface area contributed by atoms with Crippen molar-refractivity contribution in [3.8, 4) is 11.5 Å². The molecule has 0 fully saturated rings. The zero-order valence-electron chi connectivity index (χ0n) is 14.5. The molecule has 0 aliphatic rings. The first-order chi connectivity index (χ1) is 11.6. The van der Waals surface area contributed by atoms with Gasteiger partial charge in [-0.25, -0.2) is 0 Å². The molecule has 5 heteroatoms. The monoisotopic (exact) mass is 329 g/mol. The molecule has 0 saturated carbocycles. The molecule has 0 radical (unpaired) electrons. The normalized spacial score (nSPS) is 10.3. The van der Waals surface area contributed by atoms with Crippen LogP contribution in [0.2, 0.25) is 0 Å². The first-order valence-corrected chi connectivity index (χ1v) is 8.11. The third-order valence-electron chi connectivity index (χ3n) is 3.67. The van der Waals surface area contributed by atoms with Crippen molar-refractivity contribution in [3.63, 3.8) is 0 Å². The summed E-state index contributed by atoms with van der Waals surface area (Å²) in [6.45, 7) is 5.92. The molecule has 0 aromatic heterocycles. The molecule has 24 heavy (non-hydrogen) atoms. The van der Waals surface area contributed by atoms with Gasteiger partial charge in [0.2, 0.25) is 0 Å². The van der Waals surface area contributed by atoms with Crippen molar-refractivity contribution in [2.75, 3.05) is 25.6 Å². The van der Waals surface area contributed by atoms with Crippen molar-refractivity contribution in [2.45, 2.75) is 20.4 Å². The molecule has 0 saturated heterocycles. The second kappa shape index (κ2) is 8.93. The van der Waals surface area contributed by atoms with Crippen molar-refractivity contribution >= 4 is 11.6 Å². The van der Waals surface area contributed by atoms with Crippen LogP contribution in [0.4, 0.5) is 5.69 Å². The number of hydrogen-bond donors (Lipinski definition) is 2. The number of benzene rings is 2. The molecule has 5 nitrogen and oxygen atoms in total. The van der Waals surface area contributed by atoms with Gasteiger partial charge >= 0.3 is 0 Å². The predicted molar refractivity (Wildman–Crippen MR) is 94.5 cm³/mol. The van der Waals surface area contributed by atoms with Crippen LogP contribution in [0.5, 0.6) is 11.5 Å². The second-order valence-electron chi connectivity index (χ2n) is 5.54. The number of carbonyl (C=O) groups is 1. The number of hydrogen-bond acceptors (Lipinski definition) is 3. The van der Waals surface area contributed by atoms with Gasteiger partial charge in [-0.1, -0.05) is 18.2 Å². The van der Waals surface area contributed by atoms with Crippen molar-refractivity contribution in [1.82, 2.24) is 0 Å². The number of aryl methyl sites for hydroxylation is 1. The predicted octanol–water partition coefficient (Wildman–Crippen LogP) is 2.10. The molecular weight excluding hydrogens is 304 g/mol. The van der Waals surface area contributed by atoms with Gasteiger partial charge in [-0.3, -0.25) is 4.79 Å². The van der Waals surface area contributed by atoms with E-state index < -0.39 is 0 Å². The summed E-state index contributed by atoms with van der Waals surface area (Å²) in [4.78, 5) is 12.1. The first kappa shape index (κ1) is 17.8. The molecule has 0 atom stereocenters. The molecule has 0 aliphatic heterocycles. The lowest BCUT2D eigenvalue weighted by Crippen LogP contribution is -2.81. The van der Waals surface area contributed by atoms with E-state index in [1.807, 2.05) is 49.4 Å². The van der Waals surface area contributed by atoms with Gasteiger partial charge in [0.05, 0.1) is 13.7 Å². The van der Waals surface area contributed by atoms with E-state index in [1.165, 1.54) is 0 Å². The highest BCUT2D eigenvalue weighted by molar-refractivity contribution is 5.92. The molecule has 1 amide bonds. The number of carbonyl (C=O) groups excluding carboxylic acids is 1. The zero-order chi connectivity index (χ0) is 17.4. The molecule has 0 unspecified atom stereocenters. The number of methoxy groups -OCH3 is 1. The van der Waals surface area contributed by atoms with Crippen LogP contribution in [0.1, 0.15) is 18.1 Å². The van der Waals surface area contributed by atoms with E-state index in [4.69, 9.17) is 9.47 Å². The average molecular weight is 329 g/mol. The number of nitrogens with one attached hydrogen (secondary N) is 1. The van der Waals surface area contributed by atoms with Gasteiger partial charge in [-0.05, 0) is 43.7 Å². The van der Waals surface area contributed by atoms with Crippen LogP contribution in [0.3, 0.4) is 0 Å². The van der Waals surface area contributed by atoms with Crippen molar-refractivity contribution < 1.29 is 19.6 Å². The molecule has 2 aromatic carbocycles. The summed E-state index contributed by atoms with van der Waals surface area (Å²) in [6, 6.07) is 13.4. The van der Waals surface area contributed by atoms with E-state index in [-0.39, 0.29) is 12.5 Å². The largest absolute Gasteiger partial charge is 0.493 e. The SMILES string of the molecule is CC[NH2+]Cc1ccc(OCC(=O)Nc2ccccc2C)c(OC)c1. The Morgan fingerprint density at radius 2 is 1.96 bits per heavy atom. The Kier molecular flexibility index (Phi) is 6.63. The number of amides is 1. The molecule has 0 heterocycles. The van der Waals surface area contributed by atoms with E-state index in [2.05, 4.69) is 17.6 Å². The number of anilines is 1. The Morgan fingerprint density at radius 3 is 2.67 bits per heavy atom. The molecule has 2 aromatic rings. The molecule has 0 aliphatic carbocycles. The highest BCUT2D eigenvalue weighted by Crippen LogP contribution is 2.27. The van der Waals surface area contributed by atoms with Gasteiger partial charge in [0, 0.05) is 11.3 Å². The quantitative estimate of drug-likeness (QED) is 0.779. The zero-order valence-corrected chi connectivity index (χ0v) is 14.5. The average Bonchev–Trinajstić information content (AvgIpc) is 2.60. The Bertz CT molecular complexity index is 686. The lowest BCUT2D eigenvalue weighted by Gasteiger charge is -2.12. The first-order valence-electron chi connectivity index (χ1n) is 8.11. The smallest absolute Gasteiger partial charge is 0.262 e. The number of ether oxygens (including phenoxy) is 2. The third-order valence-corrected chi connectivity index (χ3v) is 3.67. The van der Waals surface area contributed by atoms with Crippen molar-refractivity contribution in [2.24, 2.45) is 0 Å². The van der Waals surface area contributed by atoms with E-state index in [0.29, 0.717) is 11.5 Å². The van der Waals surface area contributed by atoms with Crippen LogP contribution in [-0.2, 0) is 11.3 Å². The van der Waals surface area contributed by atoms with Gasteiger partial charge in [0.15, 0.2) is 18.1 Å². The number of quaternary nitrogens is 1. The summed E-state index contributed by atoms with van der Waals surface area (Å²) >= 11 is 0. The summed E-state index contributed by atoms with van der Waals surface area (Å²) < 4.78 is 11.0. The van der Waals surface area contributed by atoms with Gasteiger partial charge < -0.3 is 20.1 Å². The van der Waals surface area contributed by atoms with E-state index in [0.717, 1.165) is 29.9 Å². The third kappa shape index (κ3) is 4.99. The summed E-state index contributed by atoms with van der Waals surface area (Å²) in [6.07, 6.45) is 0. The maximum Gasteiger partial charge on any atom is 0.262 e. The second-order valence-corrected chi connectivity index (χ2v) is 5.54. The van der Waals surface area contributed by atoms with E-state index >= 15 is 0 Å². The molecular formula is C19H25N2O3+. The van der Waals surface area contributed by atoms with Crippen LogP contribution >= 0.6 is 0 Å². The van der Waals surface area contributed by atoms with Crippen molar-refractivity contribution in [1.29, 1.82) is 0 Å². The van der Waals surface area contributed by atoms with Crippen LogP contribution < -0.4 is 20.1 Å². The van der Waals surface area contributed by atoms with E-state index in [9.17, 15) is 4.79 Å². The Labute approximate surface area is 143 Å². The van der Waals surface area contributed by atoms with Gasteiger partial charge in [-0.15, -0.1) is 0 Å². The molecule has 0 bridgehead atoms. The summed E-state index contributed by atoms with van der Waals surface area (Å²) in [5, 5.41) is 5.05. The van der Waals surface area contributed by atoms with Gasteiger partial charge in [0.25, 0.3) is 5.91 Å². The maximum absolute atomic E-state index is 12.1.